The van der Waals surface area contributed by atoms with Gasteiger partial charge in [-0.1, -0.05) is 15.9 Å². The molecule has 20 heavy (non-hydrogen) atoms. The number of morpholine rings is 1. The van der Waals surface area contributed by atoms with E-state index in [-0.39, 0.29) is 0 Å². The van der Waals surface area contributed by atoms with Crippen LogP contribution in [0.2, 0.25) is 0 Å². The topological polar surface area (TPSA) is 46.6 Å². The van der Waals surface area contributed by atoms with Crippen LogP contribution in [0.1, 0.15) is 27.7 Å². The van der Waals surface area contributed by atoms with Crippen molar-refractivity contribution in [2.24, 2.45) is 0 Å². The van der Waals surface area contributed by atoms with Crippen LogP contribution < -0.4 is 0 Å². The van der Waals surface area contributed by atoms with Gasteiger partial charge in [0.15, 0.2) is 0 Å². The third-order valence-corrected chi connectivity index (χ3v) is 5.45. The van der Waals surface area contributed by atoms with Crippen molar-refractivity contribution in [1.82, 2.24) is 4.31 Å². The van der Waals surface area contributed by atoms with Crippen molar-refractivity contribution in [3.05, 3.63) is 28.7 Å². The quantitative estimate of drug-likeness (QED) is 0.813. The molecular formula is C14H20BrNO3S. The Kier molecular flexibility index (Phi) is 4.06. The molecule has 0 spiro atoms. The van der Waals surface area contributed by atoms with Crippen LogP contribution in [0.3, 0.4) is 0 Å². The van der Waals surface area contributed by atoms with Gasteiger partial charge in [-0.15, -0.1) is 0 Å². The van der Waals surface area contributed by atoms with Crippen molar-refractivity contribution >= 4 is 26.0 Å². The number of ether oxygens (including phenoxy) is 1. The summed E-state index contributed by atoms with van der Waals surface area (Å²) in [6, 6.07) is 6.72. The molecule has 0 aliphatic carbocycles. The standard InChI is InChI=1S/C14H20BrNO3S/c1-13(2)9-16(10-14(3,4)19-13)20(17,18)12-7-5-11(15)6-8-12/h5-8H,9-10H2,1-4H3. The fourth-order valence-electron chi connectivity index (χ4n) is 2.64. The minimum atomic E-state index is -3.49. The summed E-state index contributed by atoms with van der Waals surface area (Å²) in [5.41, 5.74) is -0.992. The molecule has 2 rings (SSSR count). The number of sulfonamides is 1. The van der Waals surface area contributed by atoms with Crippen LogP contribution in [-0.2, 0) is 14.8 Å². The Morgan fingerprint density at radius 3 is 1.95 bits per heavy atom. The highest BCUT2D eigenvalue weighted by molar-refractivity contribution is 9.10. The molecule has 1 fully saturated rings. The Morgan fingerprint density at radius 2 is 1.50 bits per heavy atom. The van der Waals surface area contributed by atoms with Crippen molar-refractivity contribution < 1.29 is 13.2 Å². The van der Waals surface area contributed by atoms with Gasteiger partial charge in [-0.3, -0.25) is 0 Å². The molecule has 0 radical (unpaired) electrons. The van der Waals surface area contributed by atoms with Gasteiger partial charge in [0.1, 0.15) is 0 Å². The lowest BCUT2D eigenvalue weighted by Gasteiger charge is -2.46. The Hall–Kier alpha value is -0.430. The second kappa shape index (κ2) is 5.09. The van der Waals surface area contributed by atoms with Crippen LogP contribution in [0.25, 0.3) is 0 Å². The van der Waals surface area contributed by atoms with Gasteiger partial charge in [0.2, 0.25) is 10.0 Å². The molecule has 1 heterocycles. The molecule has 1 aliphatic rings. The number of hydrogen-bond donors (Lipinski definition) is 0. The largest absolute Gasteiger partial charge is 0.367 e. The van der Waals surface area contributed by atoms with E-state index in [0.717, 1.165) is 4.47 Å². The number of benzene rings is 1. The average molecular weight is 362 g/mol. The molecule has 1 aromatic rings. The Balaban J connectivity index is 2.36. The molecule has 0 saturated carbocycles. The summed E-state index contributed by atoms with van der Waals surface area (Å²) < 4.78 is 33.8. The van der Waals surface area contributed by atoms with E-state index in [1.54, 1.807) is 24.3 Å². The van der Waals surface area contributed by atoms with E-state index in [2.05, 4.69) is 15.9 Å². The lowest BCUT2D eigenvalue weighted by Crippen LogP contribution is -2.58. The van der Waals surface area contributed by atoms with Gasteiger partial charge in [-0.25, -0.2) is 8.42 Å². The molecule has 0 atom stereocenters. The Labute approximate surface area is 129 Å². The summed E-state index contributed by atoms with van der Waals surface area (Å²) in [7, 11) is -3.49. The average Bonchev–Trinajstić information content (AvgIpc) is 2.25. The summed E-state index contributed by atoms with van der Waals surface area (Å²) in [5, 5.41) is 0. The minimum absolute atomic E-state index is 0.314. The zero-order valence-corrected chi connectivity index (χ0v) is 14.6. The van der Waals surface area contributed by atoms with E-state index in [9.17, 15) is 8.42 Å². The van der Waals surface area contributed by atoms with Crippen molar-refractivity contribution in [2.75, 3.05) is 13.1 Å². The number of halogens is 1. The molecule has 1 aliphatic heterocycles. The number of rotatable bonds is 2. The molecule has 6 heteroatoms. The van der Waals surface area contributed by atoms with E-state index < -0.39 is 21.2 Å². The van der Waals surface area contributed by atoms with Crippen LogP contribution in [0.15, 0.2) is 33.6 Å². The first-order valence-electron chi connectivity index (χ1n) is 6.48. The Morgan fingerprint density at radius 1 is 1.05 bits per heavy atom. The van der Waals surface area contributed by atoms with Crippen molar-refractivity contribution in [3.63, 3.8) is 0 Å². The first-order chi connectivity index (χ1) is 9.02. The third-order valence-electron chi connectivity index (χ3n) is 3.12. The van der Waals surface area contributed by atoms with Crippen LogP contribution >= 0.6 is 15.9 Å². The molecule has 1 aromatic carbocycles. The monoisotopic (exact) mass is 361 g/mol. The molecule has 4 nitrogen and oxygen atoms in total. The van der Waals surface area contributed by atoms with Gasteiger partial charge in [0.05, 0.1) is 16.1 Å². The second-order valence-electron chi connectivity index (χ2n) is 6.35. The molecule has 0 N–H and O–H groups in total. The van der Waals surface area contributed by atoms with Crippen LogP contribution in [0.5, 0.6) is 0 Å². The van der Waals surface area contributed by atoms with Crippen molar-refractivity contribution in [1.29, 1.82) is 0 Å². The number of nitrogens with zero attached hydrogens (tertiary/aromatic N) is 1. The predicted octanol–water partition coefficient (Wildman–Crippen LogP) is 3.03. The maximum Gasteiger partial charge on any atom is 0.243 e. The van der Waals surface area contributed by atoms with Crippen LogP contribution in [0.4, 0.5) is 0 Å². The third kappa shape index (κ3) is 3.42. The molecule has 0 bridgehead atoms. The maximum atomic E-state index is 12.7. The molecule has 0 unspecified atom stereocenters. The van der Waals surface area contributed by atoms with Crippen molar-refractivity contribution in [2.45, 2.75) is 43.8 Å². The van der Waals surface area contributed by atoms with Crippen LogP contribution in [-0.4, -0.2) is 37.0 Å². The highest BCUT2D eigenvalue weighted by atomic mass is 79.9. The smallest absolute Gasteiger partial charge is 0.243 e. The summed E-state index contributed by atoms with van der Waals surface area (Å²) in [6.45, 7) is 8.37. The SMILES string of the molecule is CC1(C)CN(S(=O)(=O)c2ccc(Br)cc2)CC(C)(C)O1. The fraction of sp³-hybridized carbons (Fsp3) is 0.571. The van der Waals surface area contributed by atoms with Gasteiger partial charge in [-0.2, -0.15) is 4.31 Å². The van der Waals surface area contributed by atoms with E-state index in [0.29, 0.717) is 18.0 Å². The normalized spacial score (nSPS) is 22.6. The molecule has 0 amide bonds. The zero-order valence-electron chi connectivity index (χ0n) is 12.2. The minimum Gasteiger partial charge on any atom is -0.367 e. The van der Waals surface area contributed by atoms with E-state index in [4.69, 9.17) is 4.74 Å². The Bertz CT molecular complexity index is 577. The molecule has 0 aromatic heterocycles. The van der Waals surface area contributed by atoms with Gasteiger partial charge < -0.3 is 4.74 Å². The lowest BCUT2D eigenvalue weighted by molar-refractivity contribution is -0.163. The van der Waals surface area contributed by atoms with Crippen LogP contribution in [0, 0.1) is 0 Å². The van der Waals surface area contributed by atoms with Gasteiger partial charge in [0.25, 0.3) is 0 Å². The van der Waals surface area contributed by atoms with Crippen molar-refractivity contribution in [3.8, 4) is 0 Å². The van der Waals surface area contributed by atoms with E-state index in [1.165, 1.54) is 4.31 Å². The first kappa shape index (κ1) is 15.9. The predicted molar refractivity (Wildman–Crippen MR) is 82.1 cm³/mol. The molecule has 1 saturated heterocycles. The highest BCUT2D eigenvalue weighted by Gasteiger charge is 2.43. The van der Waals surface area contributed by atoms with Gasteiger partial charge in [0, 0.05) is 17.6 Å². The maximum absolute atomic E-state index is 12.7. The second-order valence-corrected chi connectivity index (χ2v) is 9.20. The summed E-state index contributed by atoms with van der Waals surface area (Å²) in [6.07, 6.45) is 0. The van der Waals surface area contributed by atoms with Gasteiger partial charge in [-0.05, 0) is 52.0 Å². The lowest BCUT2D eigenvalue weighted by atomic mass is 10.0. The van der Waals surface area contributed by atoms with Gasteiger partial charge >= 0.3 is 0 Å². The summed E-state index contributed by atoms with van der Waals surface area (Å²) >= 11 is 3.32. The summed E-state index contributed by atoms with van der Waals surface area (Å²) in [4.78, 5) is 0.314. The highest BCUT2D eigenvalue weighted by Crippen LogP contribution is 2.31. The zero-order chi connectivity index (χ0) is 15.2. The molecule has 112 valence electrons. The number of hydrogen-bond acceptors (Lipinski definition) is 3. The first-order valence-corrected chi connectivity index (χ1v) is 8.71. The molecular weight excluding hydrogens is 342 g/mol. The van der Waals surface area contributed by atoms with E-state index in [1.807, 2.05) is 27.7 Å². The fourth-order valence-corrected chi connectivity index (χ4v) is 4.65. The summed E-state index contributed by atoms with van der Waals surface area (Å²) in [5.74, 6) is 0. The van der Waals surface area contributed by atoms with E-state index >= 15 is 0 Å².